The summed E-state index contributed by atoms with van der Waals surface area (Å²) in [4.78, 5) is 24.9. The number of carbonyl (C=O) groups excluding carboxylic acids is 2. The molecule has 2 fully saturated rings. The predicted octanol–water partition coefficient (Wildman–Crippen LogP) is 0.0595. The van der Waals surface area contributed by atoms with Crippen molar-refractivity contribution in [3.63, 3.8) is 0 Å². The lowest BCUT2D eigenvalue weighted by Gasteiger charge is -2.37. The molecule has 7 nitrogen and oxygen atoms in total. The number of likely N-dealkylation sites (tertiary alicyclic amines) is 1. The van der Waals surface area contributed by atoms with E-state index in [1.54, 1.807) is 0 Å². The third-order valence-corrected chi connectivity index (χ3v) is 3.73. The van der Waals surface area contributed by atoms with E-state index in [0.717, 1.165) is 25.8 Å². The number of imide groups is 1. The van der Waals surface area contributed by atoms with Gasteiger partial charge in [-0.15, -0.1) is 0 Å². The summed E-state index contributed by atoms with van der Waals surface area (Å²) in [5, 5.41) is 4.64. The molecule has 7 heteroatoms. The molecule has 20 heavy (non-hydrogen) atoms. The molecule has 2 heterocycles. The molecule has 2 N–H and O–H groups in total. The standard InChI is InChI=1S/C13H23N3O4/c1-14-13(18)15-11(17)5-7-16-6-3-2-4-10(16)12-19-8-9-20-12/h10,12H,2-9H2,1H3,(H2,14,15,17,18). The van der Waals surface area contributed by atoms with Gasteiger partial charge in [0.25, 0.3) is 0 Å². The van der Waals surface area contributed by atoms with E-state index in [0.29, 0.717) is 26.2 Å². The fourth-order valence-corrected chi connectivity index (χ4v) is 2.70. The van der Waals surface area contributed by atoms with Gasteiger partial charge >= 0.3 is 6.03 Å². The van der Waals surface area contributed by atoms with Gasteiger partial charge in [-0.1, -0.05) is 6.42 Å². The summed E-state index contributed by atoms with van der Waals surface area (Å²) in [5.41, 5.74) is 0. The summed E-state index contributed by atoms with van der Waals surface area (Å²) in [6.45, 7) is 2.86. The molecule has 0 aromatic heterocycles. The average molecular weight is 285 g/mol. The summed E-state index contributed by atoms with van der Waals surface area (Å²) in [7, 11) is 1.48. The molecule has 3 amide bonds. The predicted molar refractivity (Wildman–Crippen MR) is 72.1 cm³/mol. The number of rotatable bonds is 4. The SMILES string of the molecule is CNC(=O)NC(=O)CCN1CCCCC1C1OCCO1. The minimum Gasteiger partial charge on any atom is -0.349 e. The lowest BCUT2D eigenvalue weighted by atomic mass is 10.0. The first-order valence-electron chi connectivity index (χ1n) is 7.19. The number of urea groups is 1. The van der Waals surface area contributed by atoms with Crippen molar-refractivity contribution in [2.45, 2.75) is 38.0 Å². The molecule has 2 rings (SSSR count). The first-order valence-corrected chi connectivity index (χ1v) is 7.19. The Bertz CT molecular complexity index is 345. The van der Waals surface area contributed by atoms with Crippen molar-refractivity contribution in [1.82, 2.24) is 15.5 Å². The van der Waals surface area contributed by atoms with Crippen molar-refractivity contribution in [3.8, 4) is 0 Å². The number of nitrogens with zero attached hydrogens (tertiary/aromatic N) is 1. The van der Waals surface area contributed by atoms with Crippen LogP contribution in [0.5, 0.6) is 0 Å². The lowest BCUT2D eigenvalue weighted by Crippen LogP contribution is -2.48. The maximum atomic E-state index is 11.6. The van der Waals surface area contributed by atoms with Crippen LogP contribution >= 0.6 is 0 Å². The smallest absolute Gasteiger partial charge is 0.321 e. The Morgan fingerprint density at radius 1 is 1.25 bits per heavy atom. The number of piperidine rings is 1. The van der Waals surface area contributed by atoms with Crippen LogP contribution in [0.4, 0.5) is 4.79 Å². The van der Waals surface area contributed by atoms with E-state index < -0.39 is 6.03 Å². The third-order valence-electron chi connectivity index (χ3n) is 3.73. The summed E-state index contributed by atoms with van der Waals surface area (Å²) >= 11 is 0. The zero-order valence-electron chi connectivity index (χ0n) is 11.9. The van der Waals surface area contributed by atoms with Gasteiger partial charge in [0, 0.05) is 20.0 Å². The van der Waals surface area contributed by atoms with Gasteiger partial charge in [0.2, 0.25) is 5.91 Å². The second kappa shape index (κ2) is 7.56. The normalized spacial score (nSPS) is 24.6. The van der Waals surface area contributed by atoms with Crippen LogP contribution < -0.4 is 10.6 Å². The maximum Gasteiger partial charge on any atom is 0.321 e. The van der Waals surface area contributed by atoms with Gasteiger partial charge in [-0.2, -0.15) is 0 Å². The molecule has 0 aliphatic carbocycles. The van der Waals surface area contributed by atoms with Crippen LogP contribution in [0.3, 0.4) is 0 Å². The zero-order chi connectivity index (χ0) is 14.4. The summed E-state index contributed by atoms with van der Waals surface area (Å²) in [5.74, 6) is -0.262. The molecule has 0 bridgehead atoms. The Morgan fingerprint density at radius 2 is 2.00 bits per heavy atom. The largest absolute Gasteiger partial charge is 0.349 e. The summed E-state index contributed by atoms with van der Waals surface area (Å²) in [6, 6.07) is -0.244. The van der Waals surface area contributed by atoms with Crippen molar-refractivity contribution in [2.24, 2.45) is 0 Å². The van der Waals surface area contributed by atoms with Crippen molar-refractivity contribution in [2.75, 3.05) is 33.4 Å². The number of hydrogen-bond donors (Lipinski definition) is 2. The first kappa shape index (κ1) is 15.2. The topological polar surface area (TPSA) is 79.9 Å². The Balaban J connectivity index is 1.79. The van der Waals surface area contributed by atoms with Crippen molar-refractivity contribution < 1.29 is 19.1 Å². The van der Waals surface area contributed by atoms with E-state index in [1.165, 1.54) is 7.05 Å². The first-order chi connectivity index (χ1) is 9.70. The molecule has 0 radical (unpaired) electrons. The van der Waals surface area contributed by atoms with Gasteiger partial charge in [-0.3, -0.25) is 15.0 Å². The van der Waals surface area contributed by atoms with Crippen LogP contribution in [0.15, 0.2) is 0 Å². The number of carbonyl (C=O) groups is 2. The lowest BCUT2D eigenvalue weighted by molar-refractivity contribution is -0.124. The number of amides is 3. The van der Waals surface area contributed by atoms with Crippen LogP contribution in [0.25, 0.3) is 0 Å². The van der Waals surface area contributed by atoms with Crippen molar-refractivity contribution in [1.29, 1.82) is 0 Å². The van der Waals surface area contributed by atoms with Crippen LogP contribution in [0, 0.1) is 0 Å². The highest BCUT2D eigenvalue weighted by Gasteiger charge is 2.33. The Morgan fingerprint density at radius 3 is 2.70 bits per heavy atom. The minimum absolute atomic E-state index is 0.169. The molecular weight excluding hydrogens is 262 g/mol. The van der Waals surface area contributed by atoms with Crippen LogP contribution in [-0.2, 0) is 14.3 Å². The number of nitrogens with one attached hydrogen (secondary N) is 2. The maximum absolute atomic E-state index is 11.6. The molecule has 0 spiro atoms. The van der Waals surface area contributed by atoms with E-state index >= 15 is 0 Å². The summed E-state index contributed by atoms with van der Waals surface area (Å²) in [6.07, 6.45) is 3.45. The summed E-state index contributed by atoms with van der Waals surface area (Å²) < 4.78 is 11.2. The van der Waals surface area contributed by atoms with Gasteiger partial charge in [0.05, 0.1) is 19.3 Å². The van der Waals surface area contributed by atoms with Crippen LogP contribution in [0.2, 0.25) is 0 Å². The molecule has 2 aliphatic rings. The molecular formula is C13H23N3O4. The van der Waals surface area contributed by atoms with E-state index in [1.807, 2.05) is 0 Å². The number of hydrogen-bond acceptors (Lipinski definition) is 5. The van der Waals surface area contributed by atoms with E-state index in [2.05, 4.69) is 15.5 Å². The Labute approximate surface area is 119 Å². The Kier molecular flexibility index (Phi) is 5.75. The van der Waals surface area contributed by atoms with Crippen LogP contribution in [-0.4, -0.2) is 62.5 Å². The molecule has 1 unspecified atom stereocenters. The van der Waals surface area contributed by atoms with Gasteiger partial charge in [0.15, 0.2) is 6.29 Å². The highest BCUT2D eigenvalue weighted by molar-refractivity contribution is 5.94. The van der Waals surface area contributed by atoms with Gasteiger partial charge in [-0.25, -0.2) is 4.79 Å². The Hall–Kier alpha value is -1.18. The van der Waals surface area contributed by atoms with Gasteiger partial charge in [-0.05, 0) is 19.4 Å². The molecule has 0 aromatic rings. The second-order valence-electron chi connectivity index (χ2n) is 5.09. The van der Waals surface area contributed by atoms with Gasteiger partial charge in [0.1, 0.15) is 0 Å². The monoisotopic (exact) mass is 285 g/mol. The fourth-order valence-electron chi connectivity index (χ4n) is 2.70. The molecule has 0 saturated carbocycles. The number of ether oxygens (including phenoxy) is 2. The minimum atomic E-state index is -0.465. The highest BCUT2D eigenvalue weighted by atomic mass is 16.7. The molecule has 2 aliphatic heterocycles. The van der Waals surface area contributed by atoms with Crippen LogP contribution in [0.1, 0.15) is 25.7 Å². The van der Waals surface area contributed by atoms with Gasteiger partial charge < -0.3 is 14.8 Å². The molecule has 0 aromatic carbocycles. The molecule has 2 saturated heterocycles. The van der Waals surface area contributed by atoms with E-state index in [-0.39, 0.29) is 18.2 Å². The van der Waals surface area contributed by atoms with Crippen molar-refractivity contribution >= 4 is 11.9 Å². The average Bonchev–Trinajstić information content (AvgIpc) is 2.99. The van der Waals surface area contributed by atoms with Crippen molar-refractivity contribution in [3.05, 3.63) is 0 Å². The highest BCUT2D eigenvalue weighted by Crippen LogP contribution is 2.24. The quantitative estimate of drug-likeness (QED) is 0.763. The second-order valence-corrected chi connectivity index (χ2v) is 5.09. The van der Waals surface area contributed by atoms with E-state index in [9.17, 15) is 9.59 Å². The molecule has 114 valence electrons. The molecule has 1 atom stereocenters. The van der Waals surface area contributed by atoms with E-state index in [4.69, 9.17) is 9.47 Å². The fraction of sp³-hybridized carbons (Fsp3) is 0.846. The third kappa shape index (κ3) is 4.16. The zero-order valence-corrected chi connectivity index (χ0v) is 11.9.